The van der Waals surface area contributed by atoms with Crippen LogP contribution in [0.5, 0.6) is 0 Å². The predicted molar refractivity (Wildman–Crippen MR) is 111 cm³/mol. The summed E-state index contributed by atoms with van der Waals surface area (Å²) in [5, 5.41) is 5.92. The highest BCUT2D eigenvalue weighted by atomic mass is 35.5. The van der Waals surface area contributed by atoms with Crippen molar-refractivity contribution >= 4 is 42.1 Å². The van der Waals surface area contributed by atoms with E-state index in [1.54, 1.807) is 11.3 Å². The Kier molecular flexibility index (Phi) is 11.7. The largest absolute Gasteiger partial charge is 0.352 e. The lowest BCUT2D eigenvalue weighted by molar-refractivity contribution is -0.121. The van der Waals surface area contributed by atoms with Gasteiger partial charge < -0.3 is 11.1 Å². The summed E-state index contributed by atoms with van der Waals surface area (Å²) in [4.78, 5) is 16.7. The Bertz CT molecular complexity index is 632. The first kappa shape index (κ1) is 23.9. The van der Waals surface area contributed by atoms with Crippen molar-refractivity contribution in [2.24, 2.45) is 5.73 Å². The Hall–Kier alpha value is -1.14. The van der Waals surface area contributed by atoms with E-state index < -0.39 is 0 Å². The van der Waals surface area contributed by atoms with Crippen LogP contribution in [0.2, 0.25) is 0 Å². The molecule has 1 amide bonds. The summed E-state index contributed by atoms with van der Waals surface area (Å²) < 4.78 is 0. The lowest BCUT2D eigenvalue weighted by Crippen LogP contribution is -2.40. The highest BCUT2D eigenvalue weighted by molar-refractivity contribution is 7.13. The molecule has 0 saturated carbocycles. The molecule has 0 aliphatic heterocycles. The van der Waals surface area contributed by atoms with Crippen LogP contribution in [0, 0.1) is 6.92 Å². The molecule has 1 unspecified atom stereocenters. The van der Waals surface area contributed by atoms with Crippen LogP contribution < -0.4 is 11.1 Å². The van der Waals surface area contributed by atoms with E-state index >= 15 is 0 Å². The van der Waals surface area contributed by atoms with E-state index in [2.05, 4.69) is 48.4 Å². The molecular formula is C18H27Cl2N3OS. The van der Waals surface area contributed by atoms with E-state index in [0.29, 0.717) is 13.0 Å². The SMILES string of the molecule is CCCCC(CN)NC(=O)Cc1csc(-c2ccc(C)cc2)n1.Cl.Cl. The van der Waals surface area contributed by atoms with Crippen molar-refractivity contribution in [1.82, 2.24) is 10.3 Å². The Balaban J connectivity index is 0.00000288. The fourth-order valence-electron chi connectivity index (χ4n) is 2.36. The van der Waals surface area contributed by atoms with Gasteiger partial charge in [-0.1, -0.05) is 49.6 Å². The van der Waals surface area contributed by atoms with Gasteiger partial charge in [-0.05, 0) is 13.3 Å². The minimum atomic E-state index is -0.00249. The predicted octanol–water partition coefficient (Wildman–Crippen LogP) is 4.14. The quantitative estimate of drug-likeness (QED) is 0.695. The number of hydrogen-bond acceptors (Lipinski definition) is 4. The minimum Gasteiger partial charge on any atom is -0.352 e. The summed E-state index contributed by atoms with van der Waals surface area (Å²) in [5.41, 5.74) is 8.85. The third-order valence-corrected chi connectivity index (χ3v) is 4.69. The molecule has 0 saturated heterocycles. The number of benzene rings is 1. The van der Waals surface area contributed by atoms with E-state index in [1.165, 1.54) is 5.56 Å². The Morgan fingerprint density at radius 3 is 2.56 bits per heavy atom. The van der Waals surface area contributed by atoms with Crippen molar-refractivity contribution < 1.29 is 4.79 Å². The van der Waals surface area contributed by atoms with E-state index in [1.807, 2.05) is 5.38 Å². The van der Waals surface area contributed by atoms with Crippen LogP contribution in [0.25, 0.3) is 10.6 Å². The first-order chi connectivity index (χ1) is 11.1. The Labute approximate surface area is 166 Å². The van der Waals surface area contributed by atoms with Crippen LogP contribution in [0.1, 0.15) is 37.4 Å². The zero-order chi connectivity index (χ0) is 16.7. The third kappa shape index (κ3) is 7.74. The van der Waals surface area contributed by atoms with Gasteiger partial charge in [-0.3, -0.25) is 4.79 Å². The number of rotatable bonds is 8. The summed E-state index contributed by atoms with van der Waals surface area (Å²) in [6.45, 7) is 4.68. The van der Waals surface area contributed by atoms with Crippen LogP contribution in [0.4, 0.5) is 0 Å². The molecule has 0 bridgehead atoms. The number of carbonyl (C=O) groups excluding carboxylic acids is 1. The summed E-state index contributed by atoms with van der Waals surface area (Å²) in [5.74, 6) is -0.00249. The summed E-state index contributed by atoms with van der Waals surface area (Å²) in [6.07, 6.45) is 3.43. The van der Waals surface area contributed by atoms with Crippen molar-refractivity contribution in [3.05, 3.63) is 40.9 Å². The lowest BCUT2D eigenvalue weighted by Gasteiger charge is -2.15. The second kappa shape index (κ2) is 12.3. The maximum Gasteiger partial charge on any atom is 0.226 e. The topological polar surface area (TPSA) is 68.0 Å². The fourth-order valence-corrected chi connectivity index (χ4v) is 3.19. The molecule has 25 heavy (non-hydrogen) atoms. The number of aromatic nitrogens is 1. The number of unbranched alkanes of at least 4 members (excludes halogenated alkanes) is 1. The monoisotopic (exact) mass is 403 g/mol. The van der Waals surface area contributed by atoms with Gasteiger partial charge >= 0.3 is 0 Å². The van der Waals surface area contributed by atoms with Crippen LogP contribution in [0.15, 0.2) is 29.6 Å². The average molecular weight is 404 g/mol. The molecule has 140 valence electrons. The lowest BCUT2D eigenvalue weighted by atomic mass is 10.1. The number of thiazole rings is 1. The van der Waals surface area contributed by atoms with Gasteiger partial charge in [0.2, 0.25) is 5.91 Å². The van der Waals surface area contributed by atoms with Crippen molar-refractivity contribution in [2.75, 3.05) is 6.54 Å². The fraction of sp³-hybridized carbons (Fsp3) is 0.444. The Morgan fingerprint density at radius 2 is 1.96 bits per heavy atom. The summed E-state index contributed by atoms with van der Waals surface area (Å²) in [6, 6.07) is 8.34. The summed E-state index contributed by atoms with van der Waals surface area (Å²) in [7, 11) is 0. The molecule has 1 heterocycles. The van der Waals surface area contributed by atoms with Gasteiger partial charge in [0, 0.05) is 23.5 Å². The minimum absolute atomic E-state index is 0. The van der Waals surface area contributed by atoms with Gasteiger partial charge in [0.25, 0.3) is 0 Å². The number of hydrogen-bond donors (Lipinski definition) is 2. The van der Waals surface area contributed by atoms with Crippen LogP contribution >= 0.6 is 36.2 Å². The van der Waals surface area contributed by atoms with E-state index in [0.717, 1.165) is 35.5 Å². The molecule has 1 aromatic heterocycles. The molecule has 1 atom stereocenters. The highest BCUT2D eigenvalue weighted by Crippen LogP contribution is 2.24. The number of aryl methyl sites for hydroxylation is 1. The number of nitrogens with zero attached hydrogens (tertiary/aromatic N) is 1. The van der Waals surface area contributed by atoms with Gasteiger partial charge in [0.15, 0.2) is 0 Å². The van der Waals surface area contributed by atoms with E-state index in [4.69, 9.17) is 5.73 Å². The highest BCUT2D eigenvalue weighted by Gasteiger charge is 2.13. The number of nitrogens with one attached hydrogen (secondary N) is 1. The van der Waals surface area contributed by atoms with Crippen molar-refractivity contribution in [2.45, 2.75) is 45.6 Å². The first-order valence-electron chi connectivity index (χ1n) is 8.13. The third-order valence-electron chi connectivity index (χ3n) is 3.75. The van der Waals surface area contributed by atoms with E-state index in [-0.39, 0.29) is 36.8 Å². The maximum atomic E-state index is 12.1. The molecule has 1 aromatic carbocycles. The average Bonchev–Trinajstić information content (AvgIpc) is 3.00. The molecule has 3 N–H and O–H groups in total. The van der Waals surface area contributed by atoms with Crippen LogP contribution in [-0.2, 0) is 11.2 Å². The maximum absolute atomic E-state index is 12.1. The molecule has 2 aromatic rings. The zero-order valence-corrected chi connectivity index (χ0v) is 17.1. The molecule has 0 aliphatic carbocycles. The smallest absolute Gasteiger partial charge is 0.226 e. The first-order valence-corrected chi connectivity index (χ1v) is 9.01. The molecule has 4 nitrogen and oxygen atoms in total. The van der Waals surface area contributed by atoms with Crippen molar-refractivity contribution in [3.8, 4) is 10.6 Å². The van der Waals surface area contributed by atoms with Crippen LogP contribution in [-0.4, -0.2) is 23.5 Å². The Morgan fingerprint density at radius 1 is 1.28 bits per heavy atom. The van der Waals surface area contributed by atoms with Gasteiger partial charge in [-0.15, -0.1) is 36.2 Å². The molecule has 0 spiro atoms. The standard InChI is InChI=1S/C18H25N3OS.2ClH/c1-3-4-5-15(11-19)20-17(22)10-16-12-23-18(21-16)14-8-6-13(2)7-9-14;;/h6-9,12,15H,3-5,10-11,19H2,1-2H3,(H,20,22);2*1H. The molecular weight excluding hydrogens is 377 g/mol. The number of nitrogens with two attached hydrogens (primary N) is 1. The molecule has 0 fully saturated rings. The number of amides is 1. The molecule has 0 aliphatic rings. The van der Waals surface area contributed by atoms with Crippen molar-refractivity contribution in [3.63, 3.8) is 0 Å². The van der Waals surface area contributed by atoms with Gasteiger partial charge in [0.1, 0.15) is 5.01 Å². The molecule has 7 heteroatoms. The van der Waals surface area contributed by atoms with E-state index in [9.17, 15) is 4.79 Å². The molecule has 2 rings (SSSR count). The zero-order valence-electron chi connectivity index (χ0n) is 14.7. The second-order valence-electron chi connectivity index (χ2n) is 5.83. The van der Waals surface area contributed by atoms with Gasteiger partial charge in [-0.25, -0.2) is 4.98 Å². The van der Waals surface area contributed by atoms with Crippen molar-refractivity contribution in [1.29, 1.82) is 0 Å². The van der Waals surface area contributed by atoms with Gasteiger partial charge in [-0.2, -0.15) is 0 Å². The number of halogens is 2. The number of carbonyl (C=O) groups is 1. The normalized spacial score (nSPS) is 11.2. The second-order valence-corrected chi connectivity index (χ2v) is 6.69. The van der Waals surface area contributed by atoms with Crippen LogP contribution in [0.3, 0.4) is 0 Å². The summed E-state index contributed by atoms with van der Waals surface area (Å²) >= 11 is 1.57. The molecule has 0 radical (unpaired) electrons. The van der Waals surface area contributed by atoms with Gasteiger partial charge in [0.05, 0.1) is 12.1 Å².